The Morgan fingerprint density at radius 3 is 2.46 bits per heavy atom. The van der Waals surface area contributed by atoms with E-state index in [9.17, 15) is 14.7 Å². The van der Waals surface area contributed by atoms with Crippen LogP contribution >= 0.6 is 0 Å². The molecule has 1 aliphatic heterocycles. The second-order valence-corrected chi connectivity index (χ2v) is 11.4. The van der Waals surface area contributed by atoms with Gasteiger partial charge in [0, 0.05) is 56.5 Å². The SMILES string of the molecule is COCCN1C[C@@H](NC(=O)Nc2c(C)c(-c3cnc(OC)c(C(=O)NC[C@@H](C)O)c3)nn2-c2ccccc2)[C@H](c2ccccc2)C1. The molecule has 2 aromatic heterocycles. The highest BCUT2D eigenvalue weighted by molar-refractivity contribution is 5.98. The topological polar surface area (TPSA) is 143 Å². The van der Waals surface area contributed by atoms with Gasteiger partial charge < -0.3 is 25.2 Å². The number of para-hydroxylation sites is 1. The standard InChI is InChI=1S/C34H41N7O5/c1-22(42)18-35-32(43)27-17-25(19-36-33(27)46-4)30-23(2)31(41(39-30)26-13-9-6-10-14-26)38-34(44)37-29-21-40(15-16-45-3)20-28(29)24-11-7-5-8-12-24/h5-14,17,19,22,28-29,42H,15-16,18,20-21H2,1-4H3,(H,35,43)(H2,37,38,44)/t22-,28+,29-/m1/s1. The Hall–Kier alpha value is -4.78. The number of hydrogen-bond acceptors (Lipinski definition) is 8. The molecule has 0 bridgehead atoms. The molecule has 242 valence electrons. The first-order valence-electron chi connectivity index (χ1n) is 15.3. The van der Waals surface area contributed by atoms with E-state index >= 15 is 0 Å². The summed E-state index contributed by atoms with van der Waals surface area (Å²) in [4.78, 5) is 33.3. The van der Waals surface area contributed by atoms with Gasteiger partial charge >= 0.3 is 6.03 Å². The van der Waals surface area contributed by atoms with E-state index in [1.165, 1.54) is 12.7 Å². The fourth-order valence-electron chi connectivity index (χ4n) is 5.70. The maximum Gasteiger partial charge on any atom is 0.320 e. The number of amides is 3. The first kappa shape index (κ1) is 32.6. The van der Waals surface area contributed by atoms with E-state index in [1.54, 1.807) is 31.0 Å². The number of pyridine rings is 1. The number of aliphatic hydroxyl groups excluding tert-OH is 1. The lowest BCUT2D eigenvalue weighted by Gasteiger charge is -2.21. The molecular weight excluding hydrogens is 586 g/mol. The summed E-state index contributed by atoms with van der Waals surface area (Å²) >= 11 is 0. The number of likely N-dealkylation sites (tertiary alicyclic amines) is 1. The molecule has 4 aromatic rings. The molecule has 46 heavy (non-hydrogen) atoms. The van der Waals surface area contributed by atoms with Gasteiger partial charge in [-0.25, -0.2) is 14.5 Å². The van der Waals surface area contributed by atoms with E-state index in [0.29, 0.717) is 35.8 Å². The summed E-state index contributed by atoms with van der Waals surface area (Å²) in [6, 6.07) is 20.9. The second kappa shape index (κ2) is 15.0. The Morgan fingerprint density at radius 2 is 1.78 bits per heavy atom. The van der Waals surface area contributed by atoms with Crippen LogP contribution in [-0.2, 0) is 4.74 Å². The molecule has 3 heterocycles. The van der Waals surface area contributed by atoms with Crippen molar-refractivity contribution in [2.75, 3.05) is 52.3 Å². The molecule has 0 radical (unpaired) electrons. The van der Waals surface area contributed by atoms with Crippen LogP contribution in [0.5, 0.6) is 5.88 Å². The van der Waals surface area contributed by atoms with Gasteiger partial charge in [0.2, 0.25) is 5.88 Å². The van der Waals surface area contributed by atoms with Crippen LogP contribution < -0.4 is 20.7 Å². The molecule has 5 rings (SSSR count). The molecule has 12 nitrogen and oxygen atoms in total. The number of methoxy groups -OCH3 is 2. The highest BCUT2D eigenvalue weighted by atomic mass is 16.5. The predicted molar refractivity (Wildman–Crippen MR) is 176 cm³/mol. The average Bonchev–Trinajstić information content (AvgIpc) is 3.62. The lowest BCUT2D eigenvalue weighted by atomic mass is 9.94. The fourth-order valence-corrected chi connectivity index (χ4v) is 5.70. The van der Waals surface area contributed by atoms with Crippen LogP contribution in [0.1, 0.15) is 34.3 Å². The molecule has 1 saturated heterocycles. The normalized spacial score (nSPS) is 17.0. The first-order valence-corrected chi connectivity index (χ1v) is 15.3. The Kier molecular flexibility index (Phi) is 10.6. The van der Waals surface area contributed by atoms with E-state index in [4.69, 9.17) is 14.6 Å². The maximum absolute atomic E-state index is 13.7. The number of urea groups is 1. The molecule has 1 aliphatic rings. The number of aromatic nitrogens is 3. The van der Waals surface area contributed by atoms with Crippen molar-refractivity contribution in [3.63, 3.8) is 0 Å². The van der Waals surface area contributed by atoms with Crippen LogP contribution in [0.4, 0.5) is 10.6 Å². The van der Waals surface area contributed by atoms with Gasteiger partial charge in [-0.15, -0.1) is 0 Å². The van der Waals surface area contributed by atoms with Crippen molar-refractivity contribution in [1.29, 1.82) is 0 Å². The third-order valence-corrected chi connectivity index (χ3v) is 8.03. The van der Waals surface area contributed by atoms with Crippen molar-refractivity contribution >= 4 is 17.8 Å². The van der Waals surface area contributed by atoms with Gasteiger partial charge in [-0.2, -0.15) is 5.10 Å². The summed E-state index contributed by atoms with van der Waals surface area (Å²) in [6.45, 7) is 6.41. The lowest BCUT2D eigenvalue weighted by molar-refractivity contribution is 0.0920. The van der Waals surface area contributed by atoms with Crippen molar-refractivity contribution in [3.8, 4) is 22.8 Å². The highest BCUT2D eigenvalue weighted by Crippen LogP contribution is 2.33. The number of carbonyl (C=O) groups excluding carboxylic acids is 2. The molecule has 0 unspecified atom stereocenters. The van der Waals surface area contributed by atoms with Crippen molar-refractivity contribution in [2.24, 2.45) is 0 Å². The molecule has 4 N–H and O–H groups in total. The van der Waals surface area contributed by atoms with Crippen LogP contribution in [0.15, 0.2) is 72.9 Å². The molecule has 12 heteroatoms. The molecule has 0 aliphatic carbocycles. The summed E-state index contributed by atoms with van der Waals surface area (Å²) in [6.07, 6.45) is 0.867. The second-order valence-electron chi connectivity index (χ2n) is 11.4. The van der Waals surface area contributed by atoms with Crippen LogP contribution in [-0.4, -0.2) is 95.9 Å². The van der Waals surface area contributed by atoms with Gasteiger partial charge in [0.25, 0.3) is 5.91 Å². The Balaban J connectivity index is 1.45. The van der Waals surface area contributed by atoms with Gasteiger partial charge in [0.1, 0.15) is 11.4 Å². The molecule has 0 saturated carbocycles. The van der Waals surface area contributed by atoms with E-state index in [0.717, 1.165) is 18.8 Å². The summed E-state index contributed by atoms with van der Waals surface area (Å²) in [5.74, 6) is 0.311. The van der Waals surface area contributed by atoms with E-state index in [1.807, 2.05) is 55.5 Å². The monoisotopic (exact) mass is 627 g/mol. The summed E-state index contributed by atoms with van der Waals surface area (Å²) in [5, 5.41) is 23.5. The number of carbonyl (C=O) groups is 2. The zero-order chi connectivity index (χ0) is 32.6. The zero-order valence-corrected chi connectivity index (χ0v) is 26.6. The Morgan fingerprint density at radius 1 is 1.07 bits per heavy atom. The smallest absolute Gasteiger partial charge is 0.320 e. The molecular formula is C34H41N7O5. The van der Waals surface area contributed by atoms with E-state index in [-0.39, 0.29) is 36.0 Å². The summed E-state index contributed by atoms with van der Waals surface area (Å²) in [5.41, 5.74) is 3.90. The number of rotatable bonds is 12. The minimum atomic E-state index is -0.713. The number of benzene rings is 2. The quantitative estimate of drug-likeness (QED) is 0.187. The van der Waals surface area contributed by atoms with Gasteiger partial charge in [-0.1, -0.05) is 48.5 Å². The third-order valence-electron chi connectivity index (χ3n) is 8.03. The largest absolute Gasteiger partial charge is 0.480 e. The summed E-state index contributed by atoms with van der Waals surface area (Å²) in [7, 11) is 3.13. The van der Waals surface area contributed by atoms with Crippen molar-refractivity contribution in [2.45, 2.75) is 31.9 Å². The van der Waals surface area contributed by atoms with Crippen LogP contribution in [0.25, 0.3) is 16.9 Å². The number of nitrogens with one attached hydrogen (secondary N) is 3. The average molecular weight is 628 g/mol. The van der Waals surface area contributed by atoms with Crippen LogP contribution in [0, 0.1) is 6.92 Å². The maximum atomic E-state index is 13.7. The molecule has 3 atom stereocenters. The van der Waals surface area contributed by atoms with Crippen molar-refractivity contribution in [3.05, 3.63) is 89.6 Å². The Bertz CT molecular complexity index is 1630. The van der Waals surface area contributed by atoms with Gasteiger partial charge in [0.15, 0.2) is 0 Å². The predicted octanol–water partition coefficient (Wildman–Crippen LogP) is 3.60. The number of ether oxygens (including phenoxy) is 2. The minimum absolute atomic E-state index is 0.0767. The van der Waals surface area contributed by atoms with E-state index < -0.39 is 12.0 Å². The van der Waals surface area contributed by atoms with Crippen LogP contribution in [0.2, 0.25) is 0 Å². The van der Waals surface area contributed by atoms with Crippen molar-refractivity contribution in [1.82, 2.24) is 30.3 Å². The number of nitrogens with zero attached hydrogens (tertiary/aromatic N) is 4. The van der Waals surface area contributed by atoms with Crippen molar-refractivity contribution < 1.29 is 24.2 Å². The molecule has 2 aromatic carbocycles. The van der Waals surface area contributed by atoms with Gasteiger partial charge in [0.05, 0.1) is 37.2 Å². The van der Waals surface area contributed by atoms with Crippen LogP contribution in [0.3, 0.4) is 0 Å². The third kappa shape index (κ3) is 7.53. The number of aliphatic hydroxyl groups is 1. The fraction of sp³-hybridized carbons (Fsp3) is 0.353. The van der Waals surface area contributed by atoms with E-state index in [2.05, 4.69) is 38.0 Å². The van der Waals surface area contributed by atoms with Gasteiger partial charge in [-0.3, -0.25) is 15.0 Å². The number of hydrogen-bond donors (Lipinski definition) is 4. The Labute approximate surface area is 268 Å². The molecule has 0 spiro atoms. The summed E-state index contributed by atoms with van der Waals surface area (Å²) < 4.78 is 12.3. The molecule has 1 fully saturated rings. The highest BCUT2D eigenvalue weighted by Gasteiger charge is 2.35. The first-order chi connectivity index (χ1) is 22.3. The van der Waals surface area contributed by atoms with Gasteiger partial charge in [-0.05, 0) is 37.6 Å². The zero-order valence-electron chi connectivity index (χ0n) is 26.6. The molecule has 3 amide bonds. The minimum Gasteiger partial charge on any atom is -0.480 e. The number of anilines is 1. The lowest BCUT2D eigenvalue weighted by Crippen LogP contribution is -2.42.